The maximum absolute atomic E-state index is 12.4. The lowest BCUT2D eigenvalue weighted by Gasteiger charge is -2.39. The van der Waals surface area contributed by atoms with E-state index < -0.39 is 33.6 Å². The molecule has 3 rings (SSSR count). The van der Waals surface area contributed by atoms with Gasteiger partial charge in [-0.3, -0.25) is 0 Å². The molecule has 0 aromatic rings. The number of nitrogens with zero attached hydrogens (tertiary/aromatic N) is 1. The molecule has 0 aromatic heterocycles. The molecule has 158 valence electrons. The summed E-state index contributed by atoms with van der Waals surface area (Å²) in [6, 6.07) is 0. The van der Waals surface area contributed by atoms with E-state index in [9.17, 15) is 23.4 Å². The van der Waals surface area contributed by atoms with Crippen LogP contribution in [0.15, 0.2) is 23.4 Å². The van der Waals surface area contributed by atoms with Crippen LogP contribution in [0, 0.1) is 5.41 Å². The normalized spacial score (nSPS) is 27.9. The van der Waals surface area contributed by atoms with Gasteiger partial charge in [-0.05, 0) is 57.4 Å². The molecule has 8 nitrogen and oxygen atoms in total. The van der Waals surface area contributed by atoms with Crippen molar-refractivity contribution in [2.45, 2.75) is 57.8 Å². The number of ether oxygens (including phenoxy) is 1. The number of sulfonamides is 1. The number of aliphatic hydroxyl groups is 1. The number of carbonyl (C=O) groups is 1. The highest BCUT2D eigenvalue weighted by Crippen LogP contribution is 2.54. The Bertz CT molecular complexity index is 776. The van der Waals surface area contributed by atoms with E-state index in [1.54, 1.807) is 26.0 Å². The number of aliphatic carboxylic acids is 1. The van der Waals surface area contributed by atoms with Crippen molar-refractivity contribution in [3.8, 4) is 0 Å². The van der Waals surface area contributed by atoms with Gasteiger partial charge < -0.3 is 19.8 Å². The van der Waals surface area contributed by atoms with Gasteiger partial charge in [-0.25, -0.2) is 17.9 Å². The summed E-state index contributed by atoms with van der Waals surface area (Å²) in [6.07, 6.45) is 6.70. The van der Waals surface area contributed by atoms with E-state index in [4.69, 9.17) is 4.74 Å². The minimum absolute atomic E-state index is 0.208. The Morgan fingerprint density at radius 2 is 1.96 bits per heavy atom. The predicted molar refractivity (Wildman–Crippen MR) is 104 cm³/mol. The van der Waals surface area contributed by atoms with Gasteiger partial charge in [0, 0.05) is 25.4 Å². The molecule has 0 aromatic carbocycles. The second-order valence-corrected chi connectivity index (χ2v) is 10.1. The molecule has 28 heavy (non-hydrogen) atoms. The van der Waals surface area contributed by atoms with E-state index in [1.807, 2.05) is 0 Å². The average Bonchev–Trinajstić information content (AvgIpc) is 3.33. The molecule has 0 radical (unpaired) electrons. The van der Waals surface area contributed by atoms with E-state index in [-0.39, 0.29) is 18.6 Å². The molecule has 3 aliphatic rings. The summed E-state index contributed by atoms with van der Waals surface area (Å²) in [7, 11) is -3.83. The fourth-order valence-electron chi connectivity index (χ4n) is 4.11. The van der Waals surface area contributed by atoms with Crippen molar-refractivity contribution in [1.82, 2.24) is 9.62 Å². The number of carboxylic acids is 1. The van der Waals surface area contributed by atoms with E-state index in [1.165, 1.54) is 12.8 Å². The number of nitrogens with one attached hydrogen (secondary N) is 1. The molecule has 0 amide bonds. The van der Waals surface area contributed by atoms with Gasteiger partial charge in [-0.15, -0.1) is 0 Å². The van der Waals surface area contributed by atoms with E-state index in [0.717, 1.165) is 25.9 Å². The highest BCUT2D eigenvalue weighted by atomic mass is 32.2. The maximum Gasteiger partial charge on any atom is 0.337 e. The maximum atomic E-state index is 12.4. The Labute approximate surface area is 166 Å². The van der Waals surface area contributed by atoms with Gasteiger partial charge in [-0.2, -0.15) is 0 Å². The summed E-state index contributed by atoms with van der Waals surface area (Å²) in [5.74, 6) is -1.57. The summed E-state index contributed by atoms with van der Waals surface area (Å²) in [6.45, 7) is 5.16. The van der Waals surface area contributed by atoms with Gasteiger partial charge in [0.15, 0.2) is 6.29 Å². The van der Waals surface area contributed by atoms with Crippen LogP contribution in [0.3, 0.4) is 0 Å². The zero-order chi connectivity index (χ0) is 20.6. The summed E-state index contributed by atoms with van der Waals surface area (Å²) in [4.78, 5) is 13.8. The van der Waals surface area contributed by atoms with Crippen LogP contribution in [0.5, 0.6) is 0 Å². The number of hydrogen-bond acceptors (Lipinski definition) is 6. The highest BCUT2D eigenvalue weighted by Gasteiger charge is 2.45. The third-order valence-electron chi connectivity index (χ3n) is 5.92. The molecular weight excluding hydrogens is 384 g/mol. The first-order valence-corrected chi connectivity index (χ1v) is 11.5. The molecular formula is C19H30N2O6S. The minimum Gasteiger partial charge on any atom is -0.478 e. The van der Waals surface area contributed by atoms with Crippen LogP contribution >= 0.6 is 0 Å². The largest absolute Gasteiger partial charge is 0.478 e. The number of rotatable bonds is 8. The number of piperidine rings is 1. The minimum atomic E-state index is -3.83. The summed E-state index contributed by atoms with van der Waals surface area (Å²) < 4.78 is 32.4. The lowest BCUT2D eigenvalue weighted by Crippen LogP contribution is -2.49. The van der Waals surface area contributed by atoms with Gasteiger partial charge in [-0.1, -0.05) is 6.08 Å². The molecule has 9 heteroatoms. The smallest absolute Gasteiger partial charge is 0.337 e. The van der Waals surface area contributed by atoms with Gasteiger partial charge in [0.1, 0.15) is 5.75 Å². The SMILES string of the molecule is CCOC(O)CS(=O)(=O)NC1(C)C=C(N2CCC3(CC2)CC3)C(C(=O)O)=CC1. The monoisotopic (exact) mass is 414 g/mol. The van der Waals surface area contributed by atoms with Crippen LogP contribution in [0.2, 0.25) is 0 Å². The van der Waals surface area contributed by atoms with Gasteiger partial charge >= 0.3 is 5.97 Å². The van der Waals surface area contributed by atoms with Crippen molar-refractivity contribution in [2.75, 3.05) is 25.4 Å². The number of hydrogen-bond donors (Lipinski definition) is 3. The van der Waals surface area contributed by atoms with Crippen molar-refractivity contribution < 1.29 is 28.2 Å². The zero-order valence-corrected chi connectivity index (χ0v) is 17.3. The van der Waals surface area contributed by atoms with Crippen molar-refractivity contribution in [3.05, 3.63) is 23.4 Å². The second kappa shape index (κ2) is 7.78. The molecule has 1 spiro atoms. The van der Waals surface area contributed by atoms with E-state index in [0.29, 0.717) is 11.1 Å². The Balaban J connectivity index is 1.77. The molecule has 2 unspecified atom stereocenters. The van der Waals surface area contributed by atoms with Crippen molar-refractivity contribution >= 4 is 16.0 Å². The zero-order valence-electron chi connectivity index (χ0n) is 16.5. The third kappa shape index (κ3) is 4.94. The van der Waals surface area contributed by atoms with Crippen LogP contribution in [-0.2, 0) is 19.6 Å². The quantitative estimate of drug-likeness (QED) is 0.511. The summed E-state index contributed by atoms with van der Waals surface area (Å²) in [5.41, 5.74) is 0.287. The summed E-state index contributed by atoms with van der Waals surface area (Å²) >= 11 is 0. The van der Waals surface area contributed by atoms with Crippen molar-refractivity contribution in [1.29, 1.82) is 0 Å². The predicted octanol–water partition coefficient (Wildman–Crippen LogP) is 1.19. The summed E-state index contributed by atoms with van der Waals surface area (Å²) in [5, 5.41) is 19.3. The first-order valence-electron chi connectivity index (χ1n) is 9.80. The van der Waals surface area contributed by atoms with Crippen molar-refractivity contribution in [2.24, 2.45) is 5.41 Å². The van der Waals surface area contributed by atoms with E-state index in [2.05, 4.69) is 9.62 Å². The molecule has 1 aliphatic heterocycles. The Hall–Kier alpha value is -1.42. The van der Waals surface area contributed by atoms with E-state index >= 15 is 0 Å². The van der Waals surface area contributed by atoms with Gasteiger partial charge in [0.25, 0.3) is 0 Å². The van der Waals surface area contributed by atoms with Gasteiger partial charge in [0.2, 0.25) is 10.0 Å². The molecule has 1 heterocycles. The lowest BCUT2D eigenvalue weighted by atomic mass is 9.87. The van der Waals surface area contributed by atoms with Crippen LogP contribution < -0.4 is 4.72 Å². The molecule has 2 atom stereocenters. The first-order chi connectivity index (χ1) is 13.1. The topological polar surface area (TPSA) is 116 Å². The number of likely N-dealkylation sites (tertiary alicyclic amines) is 1. The molecule has 1 saturated carbocycles. The van der Waals surface area contributed by atoms with Crippen LogP contribution in [0.4, 0.5) is 0 Å². The standard InChI is InChI=1S/C19H30N2O6S/c1-3-27-16(22)13-28(25,26)20-18(2)5-4-14(17(23)24)15(12-18)21-10-8-19(6-7-19)9-11-21/h4,12,16,20,22H,3,5-11,13H2,1-2H3,(H,23,24). The Kier molecular flexibility index (Phi) is 5.91. The Morgan fingerprint density at radius 1 is 1.32 bits per heavy atom. The number of carboxylic acid groups (broad SMARTS) is 1. The third-order valence-corrected chi connectivity index (χ3v) is 7.42. The van der Waals surface area contributed by atoms with Gasteiger partial charge in [0.05, 0.1) is 11.1 Å². The fraction of sp³-hybridized carbons (Fsp3) is 0.737. The molecule has 0 bridgehead atoms. The molecule has 1 saturated heterocycles. The molecule has 2 fully saturated rings. The lowest BCUT2D eigenvalue weighted by molar-refractivity contribution is -0.132. The molecule has 3 N–H and O–H groups in total. The van der Waals surface area contributed by atoms with Crippen LogP contribution in [0.25, 0.3) is 0 Å². The fourth-order valence-corrected chi connectivity index (χ4v) is 5.52. The Morgan fingerprint density at radius 3 is 2.50 bits per heavy atom. The highest BCUT2D eigenvalue weighted by molar-refractivity contribution is 7.89. The van der Waals surface area contributed by atoms with Crippen LogP contribution in [-0.4, -0.2) is 66.8 Å². The first kappa shape index (κ1) is 21.3. The second-order valence-electron chi connectivity index (χ2n) is 8.35. The average molecular weight is 415 g/mol. The molecule has 2 aliphatic carbocycles. The van der Waals surface area contributed by atoms with Crippen LogP contribution in [0.1, 0.15) is 46.0 Å². The number of aliphatic hydroxyl groups excluding tert-OH is 1. The van der Waals surface area contributed by atoms with Crippen molar-refractivity contribution in [3.63, 3.8) is 0 Å².